The predicted molar refractivity (Wildman–Crippen MR) is 123 cm³/mol. The van der Waals surface area contributed by atoms with E-state index in [1.165, 1.54) is 12.1 Å². The van der Waals surface area contributed by atoms with Gasteiger partial charge in [-0.1, -0.05) is 18.2 Å². The first kappa shape index (κ1) is 21.5. The number of nitrogens with zero attached hydrogens (tertiary/aromatic N) is 2. The molecule has 0 spiro atoms. The van der Waals surface area contributed by atoms with E-state index in [4.69, 9.17) is 9.72 Å². The first-order chi connectivity index (χ1) is 15.5. The van der Waals surface area contributed by atoms with Crippen LogP contribution in [0.15, 0.2) is 53.4 Å². The number of thiazole rings is 1. The van der Waals surface area contributed by atoms with Gasteiger partial charge in [-0.15, -0.1) is 11.3 Å². The van der Waals surface area contributed by atoms with Crippen molar-refractivity contribution in [1.82, 2.24) is 14.6 Å². The maximum atomic E-state index is 13.4. The monoisotopic (exact) mass is 471 g/mol. The number of fused-ring (bicyclic) bond motifs is 1. The van der Waals surface area contributed by atoms with Crippen LogP contribution in [0.25, 0.3) is 10.2 Å². The van der Waals surface area contributed by atoms with Gasteiger partial charge >= 0.3 is 0 Å². The van der Waals surface area contributed by atoms with Crippen LogP contribution in [0.2, 0.25) is 0 Å². The summed E-state index contributed by atoms with van der Waals surface area (Å²) in [6, 6.07) is 14.2. The van der Waals surface area contributed by atoms with Crippen molar-refractivity contribution < 1.29 is 17.9 Å². The van der Waals surface area contributed by atoms with Gasteiger partial charge in [-0.05, 0) is 56.0 Å². The second-order valence-electron chi connectivity index (χ2n) is 8.19. The molecule has 0 radical (unpaired) electrons. The summed E-state index contributed by atoms with van der Waals surface area (Å²) in [5.74, 6) is -0.164. The summed E-state index contributed by atoms with van der Waals surface area (Å²) in [5.41, 5.74) is 1.32. The average Bonchev–Trinajstić information content (AvgIpc) is 3.57. The van der Waals surface area contributed by atoms with E-state index in [0.29, 0.717) is 18.7 Å². The van der Waals surface area contributed by atoms with Crippen molar-refractivity contribution in [1.29, 1.82) is 0 Å². The van der Waals surface area contributed by atoms with Crippen LogP contribution in [0.1, 0.15) is 47.1 Å². The maximum Gasteiger partial charge on any atom is 0.254 e. The second-order valence-corrected chi connectivity index (χ2v) is 11.0. The predicted octanol–water partition coefficient (Wildman–Crippen LogP) is 3.73. The van der Waals surface area contributed by atoms with Crippen molar-refractivity contribution in [2.45, 2.75) is 42.7 Å². The Morgan fingerprint density at radius 3 is 2.84 bits per heavy atom. The number of carbonyl (C=O) groups excluding carboxylic acids is 1. The van der Waals surface area contributed by atoms with Crippen molar-refractivity contribution >= 4 is 37.5 Å². The van der Waals surface area contributed by atoms with Gasteiger partial charge < -0.3 is 9.64 Å². The Kier molecular flexibility index (Phi) is 5.98. The van der Waals surface area contributed by atoms with Gasteiger partial charge in [-0.2, -0.15) is 0 Å². The molecule has 32 heavy (non-hydrogen) atoms. The molecule has 0 bridgehead atoms. The van der Waals surface area contributed by atoms with Crippen molar-refractivity contribution in [3.8, 4) is 0 Å². The van der Waals surface area contributed by atoms with E-state index in [1.54, 1.807) is 23.5 Å². The van der Waals surface area contributed by atoms with Crippen molar-refractivity contribution in [2.75, 3.05) is 19.7 Å². The van der Waals surface area contributed by atoms with Crippen LogP contribution in [0, 0.1) is 0 Å². The third-order valence-corrected chi connectivity index (χ3v) is 8.58. The highest BCUT2D eigenvalue weighted by Crippen LogP contribution is 2.37. The number of benzene rings is 2. The van der Waals surface area contributed by atoms with Crippen LogP contribution in [0.5, 0.6) is 0 Å². The Bertz CT molecular complexity index is 1200. The number of para-hydroxylation sites is 1. The molecule has 3 aromatic rings. The summed E-state index contributed by atoms with van der Waals surface area (Å²) in [4.78, 5) is 20.0. The summed E-state index contributed by atoms with van der Waals surface area (Å²) >= 11 is 1.61. The van der Waals surface area contributed by atoms with Crippen LogP contribution in [0.3, 0.4) is 0 Å². The number of rotatable bonds is 6. The lowest BCUT2D eigenvalue weighted by Gasteiger charge is -2.23. The summed E-state index contributed by atoms with van der Waals surface area (Å²) in [6.45, 7) is 1.54. The number of hydrogen-bond donors (Lipinski definition) is 1. The van der Waals surface area contributed by atoms with E-state index < -0.39 is 10.0 Å². The molecule has 0 saturated carbocycles. The second kappa shape index (κ2) is 8.90. The largest absolute Gasteiger partial charge is 0.377 e. The third-order valence-electron chi connectivity index (χ3n) is 6.03. The Hall–Kier alpha value is -2.33. The Morgan fingerprint density at radius 1 is 1.16 bits per heavy atom. The van der Waals surface area contributed by atoms with Gasteiger partial charge in [-0.3, -0.25) is 4.79 Å². The lowest BCUT2D eigenvalue weighted by Crippen LogP contribution is -2.32. The SMILES string of the molecule is O=C(c1cccc(S(=O)(=O)NCC2CCCO2)c1)N1CCCC1c1nc2ccccc2s1. The summed E-state index contributed by atoms with van der Waals surface area (Å²) in [5, 5.41) is 0.930. The van der Waals surface area contributed by atoms with Gasteiger partial charge in [0, 0.05) is 25.3 Å². The fourth-order valence-electron chi connectivity index (χ4n) is 4.35. The number of carbonyl (C=O) groups is 1. The smallest absolute Gasteiger partial charge is 0.254 e. The van der Waals surface area contributed by atoms with Gasteiger partial charge in [0.05, 0.1) is 27.3 Å². The zero-order valence-corrected chi connectivity index (χ0v) is 19.2. The van der Waals surface area contributed by atoms with Gasteiger partial charge in [-0.25, -0.2) is 18.1 Å². The fraction of sp³-hybridized carbons (Fsp3) is 0.391. The van der Waals surface area contributed by atoms with Crippen molar-refractivity contribution in [2.24, 2.45) is 0 Å². The molecule has 2 fully saturated rings. The van der Waals surface area contributed by atoms with Gasteiger partial charge in [0.2, 0.25) is 10.0 Å². The van der Waals surface area contributed by atoms with Crippen LogP contribution < -0.4 is 4.72 Å². The quantitative estimate of drug-likeness (QED) is 0.592. The highest BCUT2D eigenvalue weighted by molar-refractivity contribution is 7.89. The number of aromatic nitrogens is 1. The molecule has 1 aromatic heterocycles. The zero-order chi connectivity index (χ0) is 22.1. The normalized spacial score (nSPS) is 21.4. The van der Waals surface area contributed by atoms with E-state index in [-0.39, 0.29) is 29.5 Å². The first-order valence-electron chi connectivity index (χ1n) is 10.9. The maximum absolute atomic E-state index is 13.4. The minimum absolute atomic E-state index is 0.0854. The first-order valence-corrected chi connectivity index (χ1v) is 13.2. The minimum atomic E-state index is -3.72. The fourth-order valence-corrected chi connectivity index (χ4v) is 6.58. The van der Waals surface area contributed by atoms with E-state index >= 15 is 0 Å². The van der Waals surface area contributed by atoms with Crippen LogP contribution in [-0.4, -0.2) is 50.0 Å². The molecular formula is C23H25N3O4S2. The molecule has 168 valence electrons. The Morgan fingerprint density at radius 2 is 2.03 bits per heavy atom. The van der Waals surface area contributed by atoms with Crippen LogP contribution in [0.4, 0.5) is 0 Å². The number of likely N-dealkylation sites (tertiary alicyclic amines) is 1. The van der Waals surface area contributed by atoms with E-state index in [0.717, 1.165) is 40.9 Å². The van der Waals surface area contributed by atoms with Gasteiger partial charge in [0.15, 0.2) is 0 Å². The molecule has 0 aliphatic carbocycles. The highest BCUT2D eigenvalue weighted by atomic mass is 32.2. The molecule has 2 aliphatic heterocycles. The Balaban J connectivity index is 1.35. The van der Waals surface area contributed by atoms with Gasteiger partial charge in [0.25, 0.3) is 5.91 Å². The summed E-state index contributed by atoms with van der Waals surface area (Å²) < 4.78 is 34.8. The number of sulfonamides is 1. The molecule has 2 aromatic carbocycles. The average molecular weight is 472 g/mol. The lowest BCUT2D eigenvalue weighted by molar-refractivity contribution is 0.0735. The molecule has 2 saturated heterocycles. The molecule has 2 aliphatic rings. The number of amides is 1. The van der Waals surface area contributed by atoms with E-state index in [1.807, 2.05) is 29.2 Å². The van der Waals surface area contributed by atoms with Crippen molar-refractivity contribution in [3.05, 3.63) is 59.1 Å². The summed E-state index contributed by atoms with van der Waals surface area (Å²) in [7, 11) is -3.72. The lowest BCUT2D eigenvalue weighted by atomic mass is 10.1. The van der Waals surface area contributed by atoms with E-state index in [9.17, 15) is 13.2 Å². The third kappa shape index (κ3) is 4.30. The summed E-state index contributed by atoms with van der Waals surface area (Å²) in [6.07, 6.45) is 3.46. The van der Waals surface area contributed by atoms with E-state index in [2.05, 4.69) is 4.72 Å². The number of nitrogens with one attached hydrogen (secondary N) is 1. The molecule has 1 N–H and O–H groups in total. The Labute approximate surface area is 191 Å². The zero-order valence-electron chi connectivity index (χ0n) is 17.6. The highest BCUT2D eigenvalue weighted by Gasteiger charge is 2.33. The standard InChI is InChI=1S/C23H25N3O4S2/c27-23(26-12-4-10-20(26)22-25-19-9-1-2-11-21(19)31-22)16-6-3-8-18(14-16)32(28,29)24-15-17-7-5-13-30-17/h1-3,6,8-9,11,14,17,20,24H,4-5,7,10,12-13,15H2. The topological polar surface area (TPSA) is 88.6 Å². The van der Waals surface area contributed by atoms with Crippen LogP contribution in [-0.2, 0) is 14.8 Å². The van der Waals surface area contributed by atoms with Crippen LogP contribution >= 0.6 is 11.3 Å². The van der Waals surface area contributed by atoms with Crippen molar-refractivity contribution in [3.63, 3.8) is 0 Å². The molecular weight excluding hydrogens is 446 g/mol. The molecule has 3 heterocycles. The minimum Gasteiger partial charge on any atom is -0.377 e. The number of ether oxygens (including phenoxy) is 1. The molecule has 2 atom stereocenters. The molecule has 9 heteroatoms. The van der Waals surface area contributed by atoms with Gasteiger partial charge in [0.1, 0.15) is 5.01 Å². The molecule has 1 amide bonds. The molecule has 5 rings (SSSR count). The molecule has 7 nitrogen and oxygen atoms in total. The molecule has 2 unspecified atom stereocenters. The number of hydrogen-bond acceptors (Lipinski definition) is 6.